The molecule has 2 aliphatic rings. The van der Waals surface area contributed by atoms with Gasteiger partial charge >= 0.3 is 0 Å². The van der Waals surface area contributed by atoms with Crippen LogP contribution in [0.4, 0.5) is 0 Å². The third kappa shape index (κ3) is 4.97. The number of carbonyl (C=O) groups excluding carboxylic acids is 1. The van der Waals surface area contributed by atoms with Crippen LogP contribution in [0.3, 0.4) is 0 Å². The van der Waals surface area contributed by atoms with Gasteiger partial charge < -0.3 is 10.2 Å². The van der Waals surface area contributed by atoms with Gasteiger partial charge in [0.2, 0.25) is 0 Å². The fourth-order valence-corrected chi connectivity index (χ4v) is 5.53. The molecular weight excluding hydrogens is 368 g/mol. The van der Waals surface area contributed by atoms with E-state index in [1.54, 1.807) is 23.6 Å². The predicted molar refractivity (Wildman–Crippen MR) is 112 cm³/mol. The van der Waals surface area contributed by atoms with Crippen molar-refractivity contribution in [2.45, 2.75) is 51.0 Å². The Balaban J connectivity index is 1.44. The molecule has 1 amide bonds. The number of thiazole rings is 1. The van der Waals surface area contributed by atoms with E-state index < -0.39 is 0 Å². The van der Waals surface area contributed by atoms with Crippen molar-refractivity contribution in [2.24, 2.45) is 11.8 Å². The quantitative estimate of drug-likeness (QED) is 0.788. The topological polar surface area (TPSA) is 58.1 Å². The third-order valence-electron chi connectivity index (χ3n) is 6.16. The molecule has 2 aromatic rings. The van der Waals surface area contributed by atoms with E-state index >= 15 is 0 Å². The molecular formula is C22H30N4OS. The number of pyridine rings is 1. The minimum absolute atomic E-state index is 0.0383. The highest BCUT2D eigenvalue weighted by atomic mass is 32.1. The van der Waals surface area contributed by atoms with E-state index in [9.17, 15) is 4.79 Å². The first-order chi connectivity index (χ1) is 13.8. The van der Waals surface area contributed by atoms with Gasteiger partial charge in [-0.2, -0.15) is 0 Å². The summed E-state index contributed by atoms with van der Waals surface area (Å²) in [6.07, 6.45) is 12.8. The Morgan fingerprint density at radius 3 is 2.79 bits per heavy atom. The summed E-state index contributed by atoms with van der Waals surface area (Å²) in [6.45, 7) is 3.45. The van der Waals surface area contributed by atoms with E-state index in [0.717, 1.165) is 23.9 Å². The lowest BCUT2D eigenvalue weighted by Gasteiger charge is -2.38. The molecule has 1 aliphatic carbocycles. The molecule has 28 heavy (non-hydrogen) atoms. The van der Waals surface area contributed by atoms with Crippen molar-refractivity contribution in [1.29, 1.82) is 0 Å². The van der Waals surface area contributed by atoms with E-state index in [1.165, 1.54) is 51.6 Å². The second-order valence-electron chi connectivity index (χ2n) is 8.20. The van der Waals surface area contributed by atoms with E-state index in [4.69, 9.17) is 0 Å². The maximum atomic E-state index is 12.8. The largest absolute Gasteiger partial charge is 0.341 e. The number of hydrogen-bond acceptors (Lipinski definition) is 5. The van der Waals surface area contributed by atoms with E-state index in [2.05, 4.69) is 20.2 Å². The molecule has 6 heteroatoms. The van der Waals surface area contributed by atoms with Crippen LogP contribution in [-0.4, -0.2) is 40.4 Å². The SMILES string of the molecule is O=C(N[C@@H](c1nccs1)[C@H]1CCCN(CC2CCCCC2)C1)c1ccccn1. The molecule has 2 fully saturated rings. The van der Waals surface area contributed by atoms with Crippen molar-refractivity contribution in [3.05, 3.63) is 46.7 Å². The number of aromatic nitrogens is 2. The van der Waals surface area contributed by atoms with Crippen LogP contribution >= 0.6 is 11.3 Å². The van der Waals surface area contributed by atoms with Gasteiger partial charge in [-0.15, -0.1) is 11.3 Å². The molecule has 0 radical (unpaired) electrons. The highest BCUT2D eigenvalue weighted by Gasteiger charge is 2.32. The molecule has 3 heterocycles. The first-order valence-corrected chi connectivity index (χ1v) is 11.5. The van der Waals surface area contributed by atoms with Gasteiger partial charge in [-0.3, -0.25) is 9.78 Å². The standard InChI is InChI=1S/C22H30N4OS/c27-21(19-10-4-5-11-23-19)25-20(22-24-12-14-28-22)18-9-6-13-26(16-18)15-17-7-2-1-3-8-17/h4-5,10-12,14,17-18,20H,1-3,6-9,13,15-16H2,(H,25,27)/t18-,20+/m0/s1. The normalized spacial score (nSPS) is 22.6. The van der Waals surface area contributed by atoms with Gasteiger partial charge in [-0.25, -0.2) is 4.98 Å². The summed E-state index contributed by atoms with van der Waals surface area (Å²) in [4.78, 5) is 24.2. The second-order valence-corrected chi connectivity index (χ2v) is 9.13. The van der Waals surface area contributed by atoms with Crippen molar-refractivity contribution in [3.8, 4) is 0 Å². The van der Waals surface area contributed by atoms with Crippen LogP contribution in [0, 0.1) is 11.8 Å². The van der Waals surface area contributed by atoms with Crippen LogP contribution in [0.1, 0.15) is 66.5 Å². The summed E-state index contributed by atoms with van der Waals surface area (Å²) in [7, 11) is 0. The molecule has 2 atom stereocenters. The lowest BCUT2D eigenvalue weighted by Crippen LogP contribution is -2.44. The summed E-state index contributed by atoms with van der Waals surface area (Å²) in [5.74, 6) is 1.15. The molecule has 1 saturated carbocycles. The number of carbonyl (C=O) groups is 1. The van der Waals surface area contributed by atoms with Gasteiger partial charge in [0.25, 0.3) is 5.91 Å². The van der Waals surface area contributed by atoms with Crippen molar-refractivity contribution in [2.75, 3.05) is 19.6 Å². The van der Waals surface area contributed by atoms with Crippen LogP contribution in [0.15, 0.2) is 36.0 Å². The molecule has 5 nitrogen and oxygen atoms in total. The minimum atomic E-state index is -0.106. The highest BCUT2D eigenvalue weighted by Crippen LogP contribution is 2.33. The first-order valence-electron chi connectivity index (χ1n) is 10.6. The summed E-state index contributed by atoms with van der Waals surface area (Å²) < 4.78 is 0. The third-order valence-corrected chi connectivity index (χ3v) is 7.01. The zero-order chi connectivity index (χ0) is 19.2. The van der Waals surface area contributed by atoms with Gasteiger partial charge in [-0.1, -0.05) is 25.3 Å². The zero-order valence-electron chi connectivity index (χ0n) is 16.4. The van der Waals surface area contributed by atoms with Crippen LogP contribution in [0.25, 0.3) is 0 Å². The molecule has 1 N–H and O–H groups in total. The molecule has 0 spiro atoms. The number of piperidine rings is 1. The number of nitrogens with one attached hydrogen (secondary N) is 1. The van der Waals surface area contributed by atoms with E-state index in [0.29, 0.717) is 11.6 Å². The van der Waals surface area contributed by atoms with E-state index in [1.807, 2.05) is 23.7 Å². The Morgan fingerprint density at radius 2 is 2.04 bits per heavy atom. The highest BCUT2D eigenvalue weighted by molar-refractivity contribution is 7.09. The molecule has 2 aromatic heterocycles. The Morgan fingerprint density at radius 1 is 1.14 bits per heavy atom. The van der Waals surface area contributed by atoms with Crippen LogP contribution < -0.4 is 5.32 Å². The van der Waals surface area contributed by atoms with Crippen LogP contribution in [0.5, 0.6) is 0 Å². The number of hydrogen-bond donors (Lipinski definition) is 1. The Kier molecular flexibility index (Phi) is 6.70. The zero-order valence-corrected chi connectivity index (χ0v) is 17.2. The number of amides is 1. The average molecular weight is 399 g/mol. The summed E-state index contributed by atoms with van der Waals surface area (Å²) >= 11 is 1.63. The molecule has 4 rings (SSSR count). The Hall–Kier alpha value is -1.79. The van der Waals surface area contributed by atoms with Crippen LogP contribution in [-0.2, 0) is 0 Å². The van der Waals surface area contributed by atoms with Crippen LogP contribution in [0.2, 0.25) is 0 Å². The lowest BCUT2D eigenvalue weighted by molar-refractivity contribution is 0.0855. The monoisotopic (exact) mass is 398 g/mol. The number of rotatable bonds is 6. The maximum Gasteiger partial charge on any atom is 0.270 e. The fourth-order valence-electron chi connectivity index (χ4n) is 4.75. The van der Waals surface area contributed by atoms with Crippen molar-refractivity contribution in [3.63, 3.8) is 0 Å². The maximum absolute atomic E-state index is 12.8. The van der Waals surface area contributed by atoms with Gasteiger partial charge in [-0.05, 0) is 56.2 Å². The number of nitrogens with zero attached hydrogens (tertiary/aromatic N) is 3. The van der Waals surface area contributed by atoms with Gasteiger partial charge in [0.1, 0.15) is 10.7 Å². The Labute approximate surface area is 171 Å². The van der Waals surface area contributed by atoms with Crippen molar-refractivity contribution in [1.82, 2.24) is 20.2 Å². The van der Waals surface area contributed by atoms with Crippen molar-refractivity contribution >= 4 is 17.2 Å². The molecule has 1 saturated heterocycles. The minimum Gasteiger partial charge on any atom is -0.341 e. The molecule has 1 aliphatic heterocycles. The van der Waals surface area contributed by atoms with Gasteiger partial charge in [0.05, 0.1) is 6.04 Å². The second kappa shape index (κ2) is 9.61. The summed E-state index contributed by atoms with van der Waals surface area (Å²) in [5, 5.41) is 6.26. The summed E-state index contributed by atoms with van der Waals surface area (Å²) in [6, 6.07) is 5.42. The van der Waals surface area contributed by atoms with Crippen molar-refractivity contribution < 1.29 is 4.79 Å². The molecule has 0 aromatic carbocycles. The fraction of sp³-hybridized carbons (Fsp3) is 0.591. The van der Waals surface area contributed by atoms with E-state index in [-0.39, 0.29) is 11.9 Å². The smallest absolute Gasteiger partial charge is 0.270 e. The number of likely N-dealkylation sites (tertiary alicyclic amines) is 1. The Bertz CT molecular complexity index is 730. The molecule has 150 valence electrons. The van der Waals surface area contributed by atoms with Gasteiger partial charge in [0, 0.05) is 30.9 Å². The van der Waals surface area contributed by atoms with Gasteiger partial charge in [0.15, 0.2) is 0 Å². The molecule has 0 unspecified atom stereocenters. The first kappa shape index (κ1) is 19.5. The molecule has 0 bridgehead atoms. The predicted octanol–water partition coefficient (Wildman–Crippen LogP) is 4.30. The lowest BCUT2D eigenvalue weighted by atomic mass is 9.86. The average Bonchev–Trinajstić information content (AvgIpc) is 3.28. The summed E-state index contributed by atoms with van der Waals surface area (Å²) in [5.41, 5.74) is 0.471.